The fraction of sp³-hybridized carbons (Fsp3) is 0.480. The maximum atomic E-state index is 13.0. The Balaban J connectivity index is 1.35. The van der Waals surface area contributed by atoms with Crippen molar-refractivity contribution in [2.75, 3.05) is 16.8 Å². The van der Waals surface area contributed by atoms with Crippen LogP contribution in [0.5, 0.6) is 0 Å². The minimum atomic E-state index is -2.46. The number of aromatic amines is 1. The molecule has 0 bridgehead atoms. The zero-order valence-electron chi connectivity index (χ0n) is 19.7. The number of hydrogen-bond donors (Lipinski definition) is 4. The van der Waals surface area contributed by atoms with Crippen molar-refractivity contribution in [3.05, 3.63) is 65.2 Å². The van der Waals surface area contributed by atoms with Gasteiger partial charge in [-0.1, -0.05) is 44.2 Å². The van der Waals surface area contributed by atoms with Crippen LogP contribution >= 0.6 is 10.6 Å². The summed E-state index contributed by atoms with van der Waals surface area (Å²) in [5.74, 6) is 0.854. The normalized spacial score (nSPS) is 21.4. The number of amides is 1. The summed E-state index contributed by atoms with van der Waals surface area (Å²) < 4.78 is 22.1. The lowest BCUT2D eigenvalue weighted by Gasteiger charge is -2.41. The van der Waals surface area contributed by atoms with Gasteiger partial charge in [-0.3, -0.25) is 23.7 Å². The summed E-state index contributed by atoms with van der Waals surface area (Å²) in [5, 5.41) is 15.0. The molecule has 1 amide bonds. The van der Waals surface area contributed by atoms with E-state index in [9.17, 15) is 13.9 Å². The van der Waals surface area contributed by atoms with Gasteiger partial charge in [0.15, 0.2) is 5.69 Å². The summed E-state index contributed by atoms with van der Waals surface area (Å²) in [6, 6.07) is 10.1. The summed E-state index contributed by atoms with van der Waals surface area (Å²) in [7, 11) is -2.46. The molecular formula is C25H33N5O3S. The van der Waals surface area contributed by atoms with E-state index in [2.05, 4.69) is 46.6 Å². The molecule has 4 N–H and O–H groups in total. The first-order chi connectivity index (χ1) is 16.2. The smallest absolute Gasteiger partial charge is 0.276 e. The van der Waals surface area contributed by atoms with Gasteiger partial charge in [-0.2, -0.15) is 20.8 Å². The van der Waals surface area contributed by atoms with Gasteiger partial charge in [0.2, 0.25) is 0 Å². The van der Waals surface area contributed by atoms with Crippen LogP contribution in [0.15, 0.2) is 42.7 Å². The van der Waals surface area contributed by atoms with E-state index in [-0.39, 0.29) is 23.3 Å². The number of nitrogens with zero attached hydrogens (tertiary/aromatic N) is 3. The first-order valence-electron chi connectivity index (χ1n) is 11.9. The second-order valence-electron chi connectivity index (χ2n) is 10.4. The molecule has 1 aliphatic carbocycles. The van der Waals surface area contributed by atoms with Crippen LogP contribution < -0.4 is 5.32 Å². The molecule has 2 aliphatic rings. The summed E-state index contributed by atoms with van der Waals surface area (Å²) >= 11 is 0. The van der Waals surface area contributed by atoms with Gasteiger partial charge in [0.05, 0.1) is 17.9 Å². The summed E-state index contributed by atoms with van der Waals surface area (Å²) in [6.07, 6.45) is 7.75. The predicted octanol–water partition coefficient (Wildman–Crippen LogP) is 5.12. The highest BCUT2D eigenvalue weighted by Gasteiger charge is 2.33. The molecule has 3 heterocycles. The molecule has 2 aromatic heterocycles. The number of hydrogen-bond acceptors (Lipinski definition) is 5. The fourth-order valence-corrected chi connectivity index (χ4v) is 6.88. The van der Waals surface area contributed by atoms with Crippen LogP contribution in [-0.4, -0.2) is 46.5 Å². The number of H-pyrrole nitrogens is 1. The third-order valence-corrected chi connectivity index (χ3v) is 9.02. The zero-order chi connectivity index (χ0) is 23.9. The SMILES string of the molecule is CC1(C)CCc2c(C(=O)Nc3cnn(C(c4ccccc4)C4CCS(O)(O)CC4)c3)n[nH]c2C1. The van der Waals surface area contributed by atoms with Crippen LogP contribution in [0, 0.1) is 11.3 Å². The Morgan fingerprint density at radius 1 is 1.24 bits per heavy atom. The highest BCUT2D eigenvalue weighted by molar-refractivity contribution is 8.24. The van der Waals surface area contributed by atoms with E-state index in [1.54, 1.807) is 6.20 Å². The van der Waals surface area contributed by atoms with Crippen LogP contribution in [-0.2, 0) is 12.8 Å². The number of aromatic nitrogens is 4. The lowest BCUT2D eigenvalue weighted by molar-refractivity contribution is 0.102. The molecule has 1 aromatic carbocycles. The number of benzene rings is 1. The van der Waals surface area contributed by atoms with Gasteiger partial charge in [0, 0.05) is 29.0 Å². The van der Waals surface area contributed by atoms with Crippen molar-refractivity contribution in [2.45, 2.75) is 52.0 Å². The minimum absolute atomic E-state index is 0.0391. The van der Waals surface area contributed by atoms with Crippen LogP contribution in [0.2, 0.25) is 0 Å². The molecule has 1 fully saturated rings. The van der Waals surface area contributed by atoms with Gasteiger partial charge in [-0.25, -0.2) is 0 Å². The molecule has 0 saturated carbocycles. The van der Waals surface area contributed by atoms with Gasteiger partial charge in [-0.05, 0) is 49.0 Å². The number of carbonyl (C=O) groups excluding carboxylic acids is 1. The van der Waals surface area contributed by atoms with Gasteiger partial charge in [0.1, 0.15) is 0 Å². The largest absolute Gasteiger partial charge is 0.318 e. The quantitative estimate of drug-likeness (QED) is 0.402. The third-order valence-electron chi connectivity index (χ3n) is 7.24. The fourth-order valence-electron chi connectivity index (χ4n) is 5.31. The van der Waals surface area contributed by atoms with Crippen molar-refractivity contribution in [1.29, 1.82) is 0 Å². The van der Waals surface area contributed by atoms with Crippen molar-refractivity contribution < 1.29 is 13.9 Å². The first kappa shape index (κ1) is 23.1. The monoisotopic (exact) mass is 483 g/mol. The topological polar surface area (TPSA) is 116 Å². The van der Waals surface area contributed by atoms with E-state index in [4.69, 9.17) is 0 Å². The van der Waals surface area contributed by atoms with Crippen LogP contribution in [0.4, 0.5) is 5.69 Å². The van der Waals surface area contributed by atoms with Gasteiger partial charge < -0.3 is 5.32 Å². The van der Waals surface area contributed by atoms with Crippen molar-refractivity contribution in [3.8, 4) is 0 Å². The number of anilines is 1. The Morgan fingerprint density at radius 3 is 2.71 bits per heavy atom. The molecule has 0 spiro atoms. The molecule has 0 radical (unpaired) electrons. The van der Waals surface area contributed by atoms with E-state index in [1.807, 2.05) is 29.1 Å². The van der Waals surface area contributed by atoms with Crippen LogP contribution in [0.1, 0.15) is 66.5 Å². The Labute approximate surface area is 201 Å². The van der Waals surface area contributed by atoms with E-state index in [1.165, 1.54) is 0 Å². The van der Waals surface area contributed by atoms with Crippen molar-refractivity contribution >= 4 is 22.2 Å². The Hall–Kier alpha value is -2.62. The second-order valence-corrected chi connectivity index (χ2v) is 12.9. The standard InChI is InChI=1S/C25H33N5O3S/c1-25(2)11-8-20-21(14-25)28-29-22(20)24(31)27-19-15-26-30(16-19)23(17-6-4-3-5-7-17)18-9-12-34(32,33)13-10-18/h3-7,15-16,18,23,32-33H,8-14H2,1-2H3,(H,27,31)(H,28,29). The highest BCUT2D eigenvalue weighted by Crippen LogP contribution is 2.49. The lowest BCUT2D eigenvalue weighted by Crippen LogP contribution is -2.29. The Morgan fingerprint density at radius 2 is 1.97 bits per heavy atom. The van der Waals surface area contributed by atoms with Gasteiger partial charge >= 0.3 is 0 Å². The third kappa shape index (κ3) is 4.78. The van der Waals surface area contributed by atoms with E-state index in [0.717, 1.165) is 48.9 Å². The average molecular weight is 484 g/mol. The molecule has 8 nitrogen and oxygen atoms in total. The van der Waals surface area contributed by atoms with Crippen molar-refractivity contribution in [2.24, 2.45) is 11.3 Å². The van der Waals surface area contributed by atoms with Crippen LogP contribution in [0.25, 0.3) is 0 Å². The number of nitrogens with one attached hydrogen (secondary N) is 2. The predicted molar refractivity (Wildman–Crippen MR) is 134 cm³/mol. The number of fused-ring (bicyclic) bond motifs is 1. The minimum Gasteiger partial charge on any atom is -0.318 e. The molecule has 3 aromatic rings. The Kier molecular flexibility index (Phi) is 6.03. The van der Waals surface area contributed by atoms with E-state index >= 15 is 0 Å². The van der Waals surface area contributed by atoms with Crippen molar-refractivity contribution in [3.63, 3.8) is 0 Å². The van der Waals surface area contributed by atoms with Crippen LogP contribution in [0.3, 0.4) is 0 Å². The van der Waals surface area contributed by atoms with Crippen molar-refractivity contribution in [1.82, 2.24) is 20.0 Å². The molecule has 9 heteroatoms. The molecule has 1 saturated heterocycles. The molecular weight excluding hydrogens is 450 g/mol. The molecule has 34 heavy (non-hydrogen) atoms. The summed E-state index contributed by atoms with van der Waals surface area (Å²) in [6.45, 7) is 4.48. The first-order valence-corrected chi connectivity index (χ1v) is 13.8. The Bertz CT molecular complexity index is 1160. The van der Waals surface area contributed by atoms with E-state index < -0.39 is 10.6 Å². The summed E-state index contributed by atoms with van der Waals surface area (Å²) in [4.78, 5) is 13.0. The lowest BCUT2D eigenvalue weighted by atomic mass is 9.76. The molecule has 1 aliphatic heterocycles. The number of rotatable bonds is 5. The maximum absolute atomic E-state index is 13.0. The average Bonchev–Trinajstić information content (AvgIpc) is 3.42. The second kappa shape index (κ2) is 8.87. The number of carbonyl (C=O) groups is 1. The molecule has 1 unspecified atom stereocenters. The molecule has 1 atom stereocenters. The maximum Gasteiger partial charge on any atom is 0.276 e. The van der Waals surface area contributed by atoms with E-state index in [0.29, 0.717) is 22.9 Å². The molecule has 182 valence electrons. The zero-order valence-corrected chi connectivity index (χ0v) is 20.5. The summed E-state index contributed by atoms with van der Waals surface area (Å²) in [5.41, 5.74) is 4.51. The van der Waals surface area contributed by atoms with Gasteiger partial charge in [-0.15, -0.1) is 0 Å². The highest BCUT2D eigenvalue weighted by atomic mass is 32.3. The van der Waals surface area contributed by atoms with Gasteiger partial charge in [0.25, 0.3) is 5.91 Å². The molecule has 5 rings (SSSR count).